The van der Waals surface area contributed by atoms with E-state index in [4.69, 9.17) is 25.9 Å². The third-order valence-corrected chi connectivity index (χ3v) is 9.52. The second kappa shape index (κ2) is 12.5. The number of nitrogens with two attached hydrogens (primary N) is 2. The number of carbonyl (C=O) groups is 1. The standard InChI is InChI=1S/C36H41N7O3/c1-36(17-16-22-6-3-2-4-7-22)45-31-9-5-8-26(32(31)46-36)19-29(41-35(44)24-12-10-23(20-37)11-13-24)34-39-21-30(40-34)25-14-15-27-28(18-25)42-43-33(27)38/h2-9,14-15,18,21,23-24,29H,10-13,16-17,19-20,37H2,1H3,(H,39,40)(H,41,44)(H3,38,42,43)/t23-,24-,29?,36-/m0/s1. The Hall–Kier alpha value is -4.83. The van der Waals surface area contributed by atoms with Crippen molar-refractivity contribution in [2.45, 2.75) is 63.7 Å². The van der Waals surface area contributed by atoms with Crippen LogP contribution in [0.25, 0.3) is 22.2 Å². The molecule has 10 nitrogen and oxygen atoms in total. The van der Waals surface area contributed by atoms with E-state index >= 15 is 0 Å². The number of aromatic nitrogens is 4. The maximum absolute atomic E-state index is 13.7. The number of ether oxygens (including phenoxy) is 2. The Morgan fingerprint density at radius 2 is 1.89 bits per heavy atom. The molecule has 1 aliphatic heterocycles. The van der Waals surface area contributed by atoms with Crippen LogP contribution in [0.2, 0.25) is 0 Å². The molecule has 0 saturated heterocycles. The predicted octanol–water partition coefficient (Wildman–Crippen LogP) is 5.82. The summed E-state index contributed by atoms with van der Waals surface area (Å²) in [4.78, 5) is 22.0. The van der Waals surface area contributed by atoms with Crippen LogP contribution in [0.1, 0.15) is 62.0 Å². The molecule has 1 amide bonds. The van der Waals surface area contributed by atoms with Gasteiger partial charge in [0.15, 0.2) is 17.3 Å². The maximum Gasteiger partial charge on any atom is 0.249 e. The van der Waals surface area contributed by atoms with E-state index in [2.05, 4.69) is 32.6 Å². The Morgan fingerprint density at radius 1 is 1.07 bits per heavy atom. The van der Waals surface area contributed by atoms with Crippen molar-refractivity contribution in [2.24, 2.45) is 17.6 Å². The summed E-state index contributed by atoms with van der Waals surface area (Å²) in [5, 5.41) is 11.3. The van der Waals surface area contributed by atoms with E-state index in [1.165, 1.54) is 5.56 Å². The number of imidazole rings is 1. The fraction of sp³-hybridized carbons (Fsp3) is 0.361. The van der Waals surface area contributed by atoms with E-state index in [0.717, 1.165) is 65.6 Å². The number of H-pyrrole nitrogens is 2. The first-order chi connectivity index (χ1) is 22.4. The molecule has 46 heavy (non-hydrogen) atoms. The van der Waals surface area contributed by atoms with E-state index in [9.17, 15) is 4.79 Å². The fourth-order valence-electron chi connectivity index (χ4n) is 6.75. The molecule has 5 aromatic rings. The topological polar surface area (TPSA) is 157 Å². The Kier molecular flexibility index (Phi) is 8.12. The number of anilines is 1. The van der Waals surface area contributed by atoms with Gasteiger partial charge in [0, 0.05) is 48.4 Å². The number of hydrogen-bond donors (Lipinski definition) is 5. The molecule has 0 spiro atoms. The van der Waals surface area contributed by atoms with Gasteiger partial charge in [0.05, 0.1) is 17.3 Å². The maximum atomic E-state index is 13.7. The summed E-state index contributed by atoms with van der Waals surface area (Å²) in [7, 11) is 0. The fourth-order valence-corrected chi connectivity index (χ4v) is 6.75. The largest absolute Gasteiger partial charge is 0.449 e. The first-order valence-corrected chi connectivity index (χ1v) is 16.2. The molecule has 10 heteroatoms. The minimum absolute atomic E-state index is 0.0460. The molecule has 1 unspecified atom stereocenters. The van der Waals surface area contributed by atoms with Crippen molar-refractivity contribution >= 4 is 22.6 Å². The van der Waals surface area contributed by atoms with Crippen LogP contribution in [0.15, 0.2) is 72.9 Å². The van der Waals surface area contributed by atoms with Gasteiger partial charge >= 0.3 is 0 Å². The van der Waals surface area contributed by atoms with Gasteiger partial charge in [0.2, 0.25) is 11.7 Å². The van der Waals surface area contributed by atoms with Crippen LogP contribution in [0, 0.1) is 11.8 Å². The number of rotatable bonds is 10. The lowest BCUT2D eigenvalue weighted by molar-refractivity contribution is -0.127. The molecule has 1 saturated carbocycles. The van der Waals surface area contributed by atoms with Crippen LogP contribution in [-0.4, -0.2) is 38.4 Å². The molecular formula is C36H41N7O3. The number of aryl methyl sites for hydroxylation is 1. The van der Waals surface area contributed by atoms with Gasteiger partial charge in [0.25, 0.3) is 0 Å². The number of fused-ring (bicyclic) bond motifs is 2. The molecule has 1 aliphatic carbocycles. The number of benzene rings is 3. The van der Waals surface area contributed by atoms with Gasteiger partial charge in [-0.3, -0.25) is 9.89 Å². The van der Waals surface area contributed by atoms with E-state index in [-0.39, 0.29) is 11.8 Å². The van der Waals surface area contributed by atoms with Crippen molar-refractivity contribution in [3.63, 3.8) is 0 Å². The Bertz CT molecular complexity index is 1830. The van der Waals surface area contributed by atoms with Gasteiger partial charge in [-0.25, -0.2) is 4.98 Å². The van der Waals surface area contributed by atoms with E-state index < -0.39 is 11.8 Å². The SMILES string of the molecule is C[C@]1(CCc2ccccc2)Oc2cccc(CC(NC(=O)[C@H]3CC[C@H](CN)CC3)c3nc(-c4ccc5c(N)n[nH]c5c4)c[nH]3)c2O1. The van der Waals surface area contributed by atoms with Gasteiger partial charge < -0.3 is 31.2 Å². The molecule has 2 aliphatic rings. The number of carbonyl (C=O) groups excluding carboxylic acids is 1. The molecule has 0 radical (unpaired) electrons. The first kappa shape index (κ1) is 29.9. The third kappa shape index (κ3) is 6.17. The Labute approximate surface area is 268 Å². The van der Waals surface area contributed by atoms with Crippen molar-refractivity contribution in [2.75, 3.05) is 12.3 Å². The number of para-hydroxylation sites is 1. The first-order valence-electron chi connectivity index (χ1n) is 16.2. The van der Waals surface area contributed by atoms with Gasteiger partial charge in [-0.1, -0.05) is 48.5 Å². The second-order valence-electron chi connectivity index (χ2n) is 12.8. The summed E-state index contributed by atoms with van der Waals surface area (Å²) in [6.45, 7) is 2.66. The lowest BCUT2D eigenvalue weighted by Gasteiger charge is -2.28. The zero-order valence-corrected chi connectivity index (χ0v) is 26.1. The number of nitrogens with one attached hydrogen (secondary N) is 3. The van der Waals surface area contributed by atoms with Crippen LogP contribution < -0.4 is 26.3 Å². The monoisotopic (exact) mass is 619 g/mol. The van der Waals surface area contributed by atoms with Crippen LogP contribution in [0.4, 0.5) is 5.82 Å². The summed E-state index contributed by atoms with van der Waals surface area (Å²) >= 11 is 0. The van der Waals surface area contributed by atoms with Gasteiger partial charge in [-0.05, 0) is 68.3 Å². The number of nitrogens with zero attached hydrogens (tertiary/aromatic N) is 2. The molecule has 2 atom stereocenters. The minimum atomic E-state index is -0.790. The third-order valence-electron chi connectivity index (χ3n) is 9.52. The highest BCUT2D eigenvalue weighted by molar-refractivity contribution is 5.91. The Balaban J connectivity index is 1.14. The highest BCUT2D eigenvalue weighted by Gasteiger charge is 2.38. The van der Waals surface area contributed by atoms with Crippen molar-refractivity contribution < 1.29 is 14.3 Å². The molecule has 1 fully saturated rings. The number of hydrogen-bond acceptors (Lipinski definition) is 7. The van der Waals surface area contributed by atoms with Gasteiger partial charge in [-0.15, -0.1) is 0 Å². The molecule has 0 bridgehead atoms. The number of amides is 1. The molecule has 7 N–H and O–H groups in total. The highest BCUT2D eigenvalue weighted by atomic mass is 16.7. The van der Waals surface area contributed by atoms with Gasteiger partial charge in [0.1, 0.15) is 5.82 Å². The molecule has 3 heterocycles. The predicted molar refractivity (Wildman–Crippen MR) is 178 cm³/mol. The summed E-state index contributed by atoms with van der Waals surface area (Å²) < 4.78 is 12.9. The van der Waals surface area contributed by atoms with Gasteiger partial charge in [-0.2, -0.15) is 5.10 Å². The minimum Gasteiger partial charge on any atom is -0.449 e. The average molecular weight is 620 g/mol. The van der Waals surface area contributed by atoms with E-state index in [1.54, 1.807) is 0 Å². The average Bonchev–Trinajstić information content (AvgIpc) is 3.81. The molecule has 3 aromatic carbocycles. The number of nitrogen functional groups attached to an aromatic ring is 1. The lowest BCUT2D eigenvalue weighted by atomic mass is 9.81. The van der Waals surface area contributed by atoms with Crippen molar-refractivity contribution in [3.8, 4) is 22.8 Å². The smallest absolute Gasteiger partial charge is 0.249 e. The highest BCUT2D eigenvalue weighted by Crippen LogP contribution is 2.44. The zero-order valence-electron chi connectivity index (χ0n) is 26.1. The van der Waals surface area contributed by atoms with E-state index in [0.29, 0.717) is 42.7 Å². The normalized spacial score (nSPS) is 21.3. The summed E-state index contributed by atoms with van der Waals surface area (Å²) in [6, 6.07) is 21.8. The lowest BCUT2D eigenvalue weighted by Crippen LogP contribution is -2.38. The molecular weight excluding hydrogens is 578 g/mol. The van der Waals surface area contributed by atoms with Crippen LogP contribution in [-0.2, 0) is 17.6 Å². The molecule has 238 valence electrons. The zero-order chi connectivity index (χ0) is 31.7. The molecule has 7 rings (SSSR count). The van der Waals surface area contributed by atoms with Crippen LogP contribution in [0.3, 0.4) is 0 Å². The van der Waals surface area contributed by atoms with Crippen molar-refractivity contribution in [1.29, 1.82) is 0 Å². The quantitative estimate of drug-likeness (QED) is 0.132. The Morgan fingerprint density at radius 3 is 2.70 bits per heavy atom. The van der Waals surface area contributed by atoms with E-state index in [1.807, 2.05) is 67.7 Å². The van der Waals surface area contributed by atoms with Crippen LogP contribution >= 0.6 is 0 Å². The summed E-state index contributed by atoms with van der Waals surface area (Å²) in [5.41, 5.74) is 16.6. The number of aromatic amines is 2. The summed E-state index contributed by atoms with van der Waals surface area (Å²) in [6.07, 6.45) is 7.52. The summed E-state index contributed by atoms with van der Waals surface area (Å²) in [5.74, 6) is 2.27. The van der Waals surface area contributed by atoms with Crippen molar-refractivity contribution in [1.82, 2.24) is 25.5 Å². The van der Waals surface area contributed by atoms with Crippen molar-refractivity contribution in [3.05, 3.63) is 89.9 Å². The second-order valence-corrected chi connectivity index (χ2v) is 12.8. The molecule has 2 aromatic heterocycles. The van der Waals surface area contributed by atoms with Crippen LogP contribution in [0.5, 0.6) is 11.5 Å².